The first-order chi connectivity index (χ1) is 8.72. The number of aryl methyl sites for hydroxylation is 1. The van der Waals surface area contributed by atoms with E-state index in [9.17, 15) is 0 Å². The molecule has 1 aliphatic carbocycles. The van der Waals surface area contributed by atoms with E-state index in [1.54, 1.807) is 5.56 Å². The van der Waals surface area contributed by atoms with Crippen LogP contribution in [0.2, 0.25) is 0 Å². The van der Waals surface area contributed by atoms with Crippen LogP contribution in [-0.4, -0.2) is 25.4 Å². The largest absolute Gasteiger partial charge is 0.374 e. The zero-order chi connectivity index (χ0) is 12.5. The molecule has 2 nitrogen and oxygen atoms in total. The topological polar surface area (TPSA) is 29.3 Å². The Kier molecular flexibility index (Phi) is 3.53. The Labute approximate surface area is 114 Å². The summed E-state index contributed by atoms with van der Waals surface area (Å²) in [5.41, 5.74) is 8.77. The normalized spacial score (nSPS) is 26.3. The van der Waals surface area contributed by atoms with E-state index < -0.39 is 0 Å². The first-order valence-corrected chi connectivity index (χ1v) is 7.93. The fourth-order valence-corrected chi connectivity index (χ4v) is 4.03. The number of benzene rings is 1. The zero-order valence-corrected chi connectivity index (χ0v) is 11.9. The van der Waals surface area contributed by atoms with Gasteiger partial charge >= 0.3 is 0 Å². The summed E-state index contributed by atoms with van der Waals surface area (Å²) in [6.45, 7) is 1.15. The Morgan fingerprint density at radius 2 is 2.22 bits per heavy atom. The van der Waals surface area contributed by atoms with Crippen LogP contribution in [-0.2, 0) is 6.42 Å². The molecule has 0 aromatic heterocycles. The van der Waals surface area contributed by atoms with Gasteiger partial charge in [0.05, 0.1) is 0 Å². The molecule has 0 radical (unpaired) electrons. The van der Waals surface area contributed by atoms with Crippen LogP contribution in [0.15, 0.2) is 23.1 Å². The van der Waals surface area contributed by atoms with E-state index in [0.717, 1.165) is 12.5 Å². The molecule has 0 unspecified atom stereocenters. The number of rotatable bonds is 3. The quantitative estimate of drug-likeness (QED) is 0.908. The summed E-state index contributed by atoms with van der Waals surface area (Å²) in [5.74, 6) is 2.08. The lowest BCUT2D eigenvalue weighted by atomic mass is 9.80. The van der Waals surface area contributed by atoms with Gasteiger partial charge in [0.25, 0.3) is 0 Å². The molecule has 3 heteroatoms. The van der Waals surface area contributed by atoms with Gasteiger partial charge in [-0.3, -0.25) is 0 Å². The van der Waals surface area contributed by atoms with Crippen LogP contribution in [0, 0.1) is 5.92 Å². The van der Waals surface area contributed by atoms with Gasteiger partial charge in [-0.1, -0.05) is 0 Å². The molecular weight excluding hydrogens is 240 g/mol. The van der Waals surface area contributed by atoms with Crippen molar-refractivity contribution in [2.75, 3.05) is 24.2 Å². The van der Waals surface area contributed by atoms with Crippen LogP contribution < -0.4 is 10.6 Å². The number of thioether (sulfide) groups is 1. The lowest BCUT2D eigenvalue weighted by Gasteiger charge is -2.36. The number of nitrogens with zero attached hydrogens (tertiary/aromatic N) is 1. The average Bonchev–Trinajstić information content (AvgIpc) is 2.36. The monoisotopic (exact) mass is 262 g/mol. The smallest absolute Gasteiger partial charge is 0.0367 e. The Morgan fingerprint density at radius 1 is 1.39 bits per heavy atom. The molecule has 1 saturated carbocycles. The van der Waals surface area contributed by atoms with Gasteiger partial charge in [0.2, 0.25) is 0 Å². The summed E-state index contributed by atoms with van der Waals surface area (Å²) in [4.78, 5) is 3.89. The van der Waals surface area contributed by atoms with E-state index in [1.807, 2.05) is 11.8 Å². The van der Waals surface area contributed by atoms with E-state index in [-0.39, 0.29) is 0 Å². The maximum atomic E-state index is 5.85. The second-order valence-corrected chi connectivity index (χ2v) is 6.86. The minimum atomic E-state index is 0.461. The standard InChI is InChI=1S/C15H22N2S/c1-17(10-11-7-13(16)8-11)14-4-5-15-12(9-14)3-2-6-18-15/h4-5,9,11,13H,2-3,6-8,10,16H2,1H3. The molecule has 98 valence electrons. The number of hydrogen-bond donors (Lipinski definition) is 1. The van der Waals surface area contributed by atoms with E-state index in [0.29, 0.717) is 6.04 Å². The van der Waals surface area contributed by atoms with Crippen molar-refractivity contribution in [1.82, 2.24) is 0 Å². The van der Waals surface area contributed by atoms with E-state index in [4.69, 9.17) is 5.73 Å². The number of anilines is 1. The number of fused-ring (bicyclic) bond motifs is 1. The predicted molar refractivity (Wildman–Crippen MR) is 79.5 cm³/mol. The van der Waals surface area contributed by atoms with Crippen molar-refractivity contribution in [1.29, 1.82) is 0 Å². The van der Waals surface area contributed by atoms with Crippen LogP contribution in [0.3, 0.4) is 0 Å². The van der Waals surface area contributed by atoms with Gasteiger partial charge in [-0.25, -0.2) is 0 Å². The van der Waals surface area contributed by atoms with Crippen LogP contribution in [0.4, 0.5) is 5.69 Å². The van der Waals surface area contributed by atoms with Crippen LogP contribution >= 0.6 is 11.8 Å². The van der Waals surface area contributed by atoms with E-state index in [1.165, 1.54) is 42.0 Å². The van der Waals surface area contributed by atoms with Crippen molar-refractivity contribution in [2.24, 2.45) is 11.7 Å². The summed E-state index contributed by atoms with van der Waals surface area (Å²) in [7, 11) is 2.21. The van der Waals surface area contributed by atoms with Gasteiger partial charge < -0.3 is 10.6 Å². The molecule has 2 aliphatic rings. The first kappa shape index (κ1) is 12.4. The highest BCUT2D eigenvalue weighted by molar-refractivity contribution is 7.99. The molecule has 1 heterocycles. The Morgan fingerprint density at radius 3 is 3.00 bits per heavy atom. The maximum absolute atomic E-state index is 5.85. The number of nitrogens with two attached hydrogens (primary N) is 1. The van der Waals surface area contributed by atoms with Gasteiger partial charge in [-0.05, 0) is 61.1 Å². The maximum Gasteiger partial charge on any atom is 0.0367 e. The third-order valence-corrected chi connectivity index (χ3v) is 5.34. The molecule has 0 spiro atoms. The highest BCUT2D eigenvalue weighted by Gasteiger charge is 2.26. The highest BCUT2D eigenvalue weighted by Crippen LogP contribution is 2.33. The van der Waals surface area contributed by atoms with Crippen LogP contribution in [0.1, 0.15) is 24.8 Å². The summed E-state index contributed by atoms with van der Waals surface area (Å²) in [6, 6.07) is 7.43. The SMILES string of the molecule is CN(CC1CC(N)C1)c1ccc2c(c1)CCCS2. The Bertz CT molecular complexity index is 427. The first-order valence-electron chi connectivity index (χ1n) is 6.95. The third-order valence-electron chi connectivity index (χ3n) is 4.14. The highest BCUT2D eigenvalue weighted by atomic mass is 32.2. The summed E-state index contributed by atoms with van der Waals surface area (Å²) in [6.07, 6.45) is 4.97. The van der Waals surface area contributed by atoms with Crippen LogP contribution in [0.5, 0.6) is 0 Å². The molecule has 1 aromatic rings. The second-order valence-electron chi connectivity index (χ2n) is 5.72. The van der Waals surface area contributed by atoms with Gasteiger partial charge in [0.15, 0.2) is 0 Å². The van der Waals surface area contributed by atoms with Gasteiger partial charge in [-0.15, -0.1) is 11.8 Å². The molecular formula is C15H22N2S. The van der Waals surface area contributed by atoms with Crippen molar-refractivity contribution >= 4 is 17.4 Å². The average molecular weight is 262 g/mol. The molecule has 1 aliphatic heterocycles. The lowest BCUT2D eigenvalue weighted by molar-refractivity contribution is 0.271. The molecule has 18 heavy (non-hydrogen) atoms. The molecule has 0 bridgehead atoms. The van der Waals surface area contributed by atoms with Crippen molar-refractivity contribution in [2.45, 2.75) is 36.6 Å². The summed E-state index contributed by atoms with van der Waals surface area (Å²) < 4.78 is 0. The third kappa shape index (κ3) is 2.52. The fourth-order valence-electron chi connectivity index (χ4n) is 3.01. The zero-order valence-electron chi connectivity index (χ0n) is 11.1. The Hall–Kier alpha value is -0.670. The lowest BCUT2D eigenvalue weighted by Crippen LogP contribution is -2.41. The molecule has 0 saturated heterocycles. The van der Waals surface area contributed by atoms with Crippen molar-refractivity contribution in [3.8, 4) is 0 Å². The molecule has 3 rings (SSSR count). The summed E-state index contributed by atoms with van der Waals surface area (Å²) >= 11 is 2.00. The molecule has 1 aromatic carbocycles. The van der Waals surface area contributed by atoms with Crippen molar-refractivity contribution < 1.29 is 0 Å². The number of hydrogen-bond acceptors (Lipinski definition) is 3. The van der Waals surface area contributed by atoms with Crippen molar-refractivity contribution in [3.05, 3.63) is 23.8 Å². The fraction of sp³-hybridized carbons (Fsp3) is 0.600. The van der Waals surface area contributed by atoms with E-state index in [2.05, 4.69) is 30.1 Å². The van der Waals surface area contributed by atoms with Crippen molar-refractivity contribution in [3.63, 3.8) is 0 Å². The van der Waals surface area contributed by atoms with Crippen LogP contribution in [0.25, 0.3) is 0 Å². The minimum absolute atomic E-state index is 0.461. The van der Waals surface area contributed by atoms with Gasteiger partial charge in [0, 0.05) is 30.2 Å². The predicted octanol–water partition coefficient (Wildman–Crippen LogP) is 2.90. The minimum Gasteiger partial charge on any atom is -0.374 e. The molecule has 0 atom stereocenters. The van der Waals surface area contributed by atoms with Gasteiger partial charge in [-0.2, -0.15) is 0 Å². The summed E-state index contributed by atoms with van der Waals surface area (Å²) in [5, 5.41) is 0. The van der Waals surface area contributed by atoms with Gasteiger partial charge in [0.1, 0.15) is 0 Å². The molecule has 1 fully saturated rings. The van der Waals surface area contributed by atoms with E-state index >= 15 is 0 Å². The molecule has 2 N–H and O–H groups in total. The molecule has 0 amide bonds. The second kappa shape index (κ2) is 5.14. The Balaban J connectivity index is 1.67.